The maximum atomic E-state index is 10.2. The first kappa shape index (κ1) is 2.01. The fourth-order valence-corrected chi connectivity index (χ4v) is 0.314. The number of nitrogens with zero attached hydrogens (tertiary/aromatic N) is 2. The Morgan fingerprint density at radius 1 is 2.12 bits per heavy atom. The van der Waals surface area contributed by atoms with E-state index >= 15 is 0 Å². The minimum absolute atomic E-state index is 0.275. The molecule has 0 aliphatic carbocycles. The standard InChI is InChI=1S/C5H6N2O/c8-4-3-7-2-1-6-5-7/h1-2,4-5H,3H2/i1D,2D,3D,5D. The predicted molar refractivity (Wildman–Crippen MR) is 28.3 cm³/mol. The van der Waals surface area contributed by atoms with Crippen molar-refractivity contribution in [3.05, 3.63) is 18.6 Å². The van der Waals surface area contributed by atoms with Crippen molar-refractivity contribution < 1.29 is 10.3 Å². The lowest BCUT2D eigenvalue weighted by molar-refractivity contribution is -0.108. The van der Waals surface area contributed by atoms with E-state index in [0.29, 0.717) is 0 Å². The van der Waals surface area contributed by atoms with Gasteiger partial charge in [-0.3, -0.25) is 0 Å². The third kappa shape index (κ3) is 0.932. The lowest BCUT2D eigenvalue weighted by Gasteiger charge is -1.87. The molecule has 1 unspecified atom stereocenters. The van der Waals surface area contributed by atoms with Gasteiger partial charge in [0.25, 0.3) is 0 Å². The van der Waals surface area contributed by atoms with Gasteiger partial charge in [0.2, 0.25) is 0 Å². The molecule has 3 nitrogen and oxygen atoms in total. The zero-order valence-electron chi connectivity index (χ0n) is 7.96. The number of rotatable bonds is 2. The summed E-state index contributed by atoms with van der Waals surface area (Å²) in [5.74, 6) is 0. The van der Waals surface area contributed by atoms with Crippen LogP contribution in [0.15, 0.2) is 18.6 Å². The molecule has 0 aliphatic heterocycles. The van der Waals surface area contributed by atoms with Crippen LogP contribution in [0.5, 0.6) is 0 Å². The van der Waals surface area contributed by atoms with E-state index in [1.807, 2.05) is 0 Å². The molecule has 1 aromatic heterocycles. The average molecular weight is 114 g/mol. The Morgan fingerprint density at radius 3 is 3.50 bits per heavy atom. The molecule has 0 fully saturated rings. The van der Waals surface area contributed by atoms with Gasteiger partial charge < -0.3 is 9.36 Å². The van der Waals surface area contributed by atoms with Crippen LogP contribution >= 0.6 is 0 Å². The predicted octanol–water partition coefficient (Wildman–Crippen LogP) is 0.0820. The molecule has 3 heteroatoms. The number of carbonyl (C=O) groups excluding carboxylic acids is 1. The highest BCUT2D eigenvalue weighted by atomic mass is 16.1. The molecule has 0 N–H and O–H groups in total. The number of hydrogen-bond acceptors (Lipinski definition) is 2. The first-order valence-corrected chi connectivity index (χ1v) is 1.97. The first-order chi connectivity index (χ1) is 5.57. The minimum Gasteiger partial charge on any atom is -0.330 e. The zero-order chi connectivity index (χ0) is 9.30. The van der Waals surface area contributed by atoms with Crippen molar-refractivity contribution >= 4 is 6.29 Å². The van der Waals surface area contributed by atoms with Gasteiger partial charge in [0.15, 0.2) is 0 Å². The van der Waals surface area contributed by atoms with E-state index in [4.69, 9.17) is 5.48 Å². The highest BCUT2D eigenvalue weighted by Crippen LogP contribution is 1.80. The van der Waals surface area contributed by atoms with E-state index in [-0.39, 0.29) is 18.6 Å². The van der Waals surface area contributed by atoms with Crippen molar-refractivity contribution in [1.29, 1.82) is 0 Å². The first-order valence-electron chi connectivity index (χ1n) is 4.05. The van der Waals surface area contributed by atoms with Crippen LogP contribution < -0.4 is 0 Å². The summed E-state index contributed by atoms with van der Waals surface area (Å²) in [6, 6.07) is 0. The third-order valence-electron chi connectivity index (χ3n) is 0.594. The van der Waals surface area contributed by atoms with Crippen molar-refractivity contribution in [1.82, 2.24) is 9.55 Å². The fourth-order valence-electron chi connectivity index (χ4n) is 0.314. The summed E-state index contributed by atoms with van der Waals surface area (Å²) in [5, 5.41) is 0. The van der Waals surface area contributed by atoms with Crippen LogP contribution in [0.3, 0.4) is 0 Å². The highest BCUT2D eigenvalue weighted by Gasteiger charge is 1.81. The second-order valence-electron chi connectivity index (χ2n) is 1.09. The lowest BCUT2D eigenvalue weighted by atomic mass is 10.7. The molecule has 1 heterocycles. The largest absolute Gasteiger partial charge is 0.330 e. The van der Waals surface area contributed by atoms with Gasteiger partial charge in [-0.1, -0.05) is 0 Å². The molecule has 1 aromatic rings. The van der Waals surface area contributed by atoms with Gasteiger partial charge in [0.05, 0.1) is 16.9 Å². The van der Waals surface area contributed by atoms with Crippen molar-refractivity contribution in [2.75, 3.05) is 0 Å². The molecule has 0 aliphatic rings. The Bertz CT molecular complexity index is 311. The quantitative estimate of drug-likeness (QED) is 0.510. The number of carbonyl (C=O) groups is 1. The molecular weight excluding hydrogens is 104 g/mol. The van der Waals surface area contributed by atoms with Crippen LogP contribution in [-0.4, -0.2) is 15.8 Å². The van der Waals surface area contributed by atoms with Crippen molar-refractivity contribution in [2.24, 2.45) is 0 Å². The summed E-state index contributed by atoms with van der Waals surface area (Å²) in [6.45, 7) is -1.35. The Hall–Kier alpha value is -1.12. The molecule has 0 saturated heterocycles. The van der Waals surface area contributed by atoms with Gasteiger partial charge >= 0.3 is 0 Å². The summed E-state index contributed by atoms with van der Waals surface area (Å²) < 4.78 is 29.1. The second-order valence-corrected chi connectivity index (χ2v) is 1.09. The minimum atomic E-state index is -1.35. The third-order valence-corrected chi connectivity index (χ3v) is 0.594. The monoisotopic (exact) mass is 114 g/mol. The van der Waals surface area contributed by atoms with E-state index in [9.17, 15) is 4.79 Å². The fraction of sp³-hybridized carbons (Fsp3) is 0.200. The van der Waals surface area contributed by atoms with Crippen molar-refractivity contribution in [2.45, 2.75) is 6.52 Å². The Labute approximate surface area is 52.6 Å². The number of aromatic nitrogens is 2. The molecule has 0 radical (unpaired) electrons. The van der Waals surface area contributed by atoms with Crippen molar-refractivity contribution in [3.8, 4) is 0 Å². The number of imidazole rings is 1. The molecule has 0 saturated carbocycles. The molecule has 42 valence electrons. The van der Waals surface area contributed by atoms with Gasteiger partial charge in [-0.15, -0.1) is 0 Å². The van der Waals surface area contributed by atoms with Crippen molar-refractivity contribution in [3.63, 3.8) is 0 Å². The van der Waals surface area contributed by atoms with Gasteiger partial charge in [-0.05, 0) is 0 Å². The Kier molecular flexibility index (Phi) is 0.566. The molecule has 0 amide bonds. The summed E-state index contributed by atoms with van der Waals surface area (Å²) in [7, 11) is 0. The summed E-state index contributed by atoms with van der Waals surface area (Å²) in [6.07, 6.45) is -0.902. The van der Waals surface area contributed by atoms with Crippen LogP contribution in [-0.2, 0) is 11.3 Å². The topological polar surface area (TPSA) is 34.9 Å². The molecule has 0 bridgehead atoms. The van der Waals surface area contributed by atoms with Crippen LogP contribution in [0.4, 0.5) is 0 Å². The van der Waals surface area contributed by atoms with Gasteiger partial charge in [-0.2, -0.15) is 0 Å². The molecule has 1 atom stereocenters. The van der Waals surface area contributed by atoms with Crippen LogP contribution in [0.1, 0.15) is 5.48 Å². The maximum Gasteiger partial charge on any atom is 0.139 e. The average Bonchev–Trinajstić information content (AvgIpc) is 2.26. The SMILES string of the molecule is [2H]c1nc([2H])n(C([2H])C=O)c1[2H]. The zero-order valence-corrected chi connectivity index (χ0v) is 3.96. The summed E-state index contributed by atoms with van der Waals surface area (Å²) >= 11 is 0. The number of aldehydes is 1. The lowest BCUT2D eigenvalue weighted by Crippen LogP contribution is -1.93. The van der Waals surface area contributed by atoms with E-state index < -0.39 is 12.8 Å². The smallest absolute Gasteiger partial charge is 0.139 e. The Balaban J connectivity index is 3.21. The van der Waals surface area contributed by atoms with Gasteiger partial charge in [0, 0.05) is 12.3 Å². The second kappa shape index (κ2) is 2.26. The van der Waals surface area contributed by atoms with E-state index in [0.717, 1.165) is 4.57 Å². The molecular formula is C5H6N2O. The van der Waals surface area contributed by atoms with Crippen LogP contribution in [0.2, 0.25) is 0 Å². The van der Waals surface area contributed by atoms with Crippen LogP contribution in [0.25, 0.3) is 0 Å². The van der Waals surface area contributed by atoms with Gasteiger partial charge in [-0.25, -0.2) is 4.98 Å². The van der Waals surface area contributed by atoms with Crippen LogP contribution in [0, 0.1) is 0 Å². The summed E-state index contributed by atoms with van der Waals surface area (Å²) in [4.78, 5) is 13.5. The van der Waals surface area contributed by atoms with E-state index in [1.54, 1.807) is 0 Å². The maximum absolute atomic E-state index is 10.2. The van der Waals surface area contributed by atoms with Gasteiger partial charge in [0.1, 0.15) is 7.66 Å². The molecule has 0 spiro atoms. The highest BCUT2D eigenvalue weighted by molar-refractivity contribution is 5.48. The molecule has 1 rings (SSSR count). The van der Waals surface area contributed by atoms with E-state index in [2.05, 4.69) is 4.98 Å². The molecule has 0 aromatic carbocycles. The summed E-state index contributed by atoms with van der Waals surface area (Å²) in [5.41, 5.74) is 0. The molecule has 8 heavy (non-hydrogen) atoms. The number of hydrogen-bond donors (Lipinski definition) is 0. The Morgan fingerprint density at radius 2 is 3.00 bits per heavy atom. The van der Waals surface area contributed by atoms with E-state index in [1.165, 1.54) is 0 Å². The normalized spacial score (nSPS) is 20.0.